The van der Waals surface area contributed by atoms with Crippen LogP contribution in [0.25, 0.3) is 0 Å². The van der Waals surface area contributed by atoms with Gasteiger partial charge in [-0.1, -0.05) is 13.0 Å². The molecule has 3 rings (SSSR count). The Balaban J connectivity index is 1.59. The SMILES string of the molecule is CCN1CCCC1CNC(=O)c1ccc2c(c1)NCC2. The topological polar surface area (TPSA) is 44.4 Å². The van der Waals surface area contributed by atoms with E-state index in [0.29, 0.717) is 6.04 Å². The van der Waals surface area contributed by atoms with E-state index in [9.17, 15) is 4.79 Å². The molecular weight excluding hydrogens is 250 g/mol. The van der Waals surface area contributed by atoms with E-state index in [4.69, 9.17) is 0 Å². The number of anilines is 1. The molecule has 1 aromatic rings. The van der Waals surface area contributed by atoms with E-state index in [1.807, 2.05) is 12.1 Å². The van der Waals surface area contributed by atoms with E-state index in [1.54, 1.807) is 0 Å². The third-order valence-electron chi connectivity index (χ3n) is 4.49. The number of nitrogens with zero attached hydrogens (tertiary/aromatic N) is 1. The molecule has 4 nitrogen and oxygen atoms in total. The van der Waals surface area contributed by atoms with Crippen molar-refractivity contribution >= 4 is 11.6 Å². The van der Waals surface area contributed by atoms with Gasteiger partial charge in [0.15, 0.2) is 0 Å². The molecule has 0 aliphatic carbocycles. The molecule has 0 saturated carbocycles. The highest BCUT2D eigenvalue weighted by atomic mass is 16.1. The van der Waals surface area contributed by atoms with Crippen LogP contribution in [0.3, 0.4) is 0 Å². The molecule has 0 spiro atoms. The van der Waals surface area contributed by atoms with Gasteiger partial charge >= 0.3 is 0 Å². The molecule has 1 unspecified atom stereocenters. The lowest BCUT2D eigenvalue weighted by Gasteiger charge is -2.22. The second-order valence-electron chi connectivity index (χ2n) is 5.68. The van der Waals surface area contributed by atoms with Crippen LogP contribution in [0.5, 0.6) is 0 Å². The molecule has 0 bridgehead atoms. The monoisotopic (exact) mass is 273 g/mol. The molecule has 1 aromatic carbocycles. The lowest BCUT2D eigenvalue weighted by molar-refractivity contribution is 0.0941. The third kappa shape index (κ3) is 2.66. The summed E-state index contributed by atoms with van der Waals surface area (Å²) in [5.41, 5.74) is 3.20. The second kappa shape index (κ2) is 5.83. The fourth-order valence-corrected chi connectivity index (χ4v) is 3.29. The number of hydrogen-bond acceptors (Lipinski definition) is 3. The molecule has 0 aromatic heterocycles. The maximum atomic E-state index is 12.2. The Kier molecular flexibility index (Phi) is 3.92. The summed E-state index contributed by atoms with van der Waals surface area (Å²) in [4.78, 5) is 14.7. The highest BCUT2D eigenvalue weighted by molar-refractivity contribution is 5.95. The van der Waals surface area contributed by atoms with Crippen LogP contribution in [0.2, 0.25) is 0 Å². The van der Waals surface area contributed by atoms with Crippen molar-refractivity contribution in [2.45, 2.75) is 32.2 Å². The largest absolute Gasteiger partial charge is 0.384 e. The van der Waals surface area contributed by atoms with E-state index in [-0.39, 0.29) is 5.91 Å². The standard InChI is InChI=1S/C16H23N3O/c1-2-19-9-3-4-14(19)11-18-16(20)13-6-5-12-7-8-17-15(12)10-13/h5-6,10,14,17H,2-4,7-9,11H2,1H3,(H,18,20). The predicted molar refractivity (Wildman–Crippen MR) is 81.2 cm³/mol. The summed E-state index contributed by atoms with van der Waals surface area (Å²) in [6.45, 7) is 6.17. The first-order valence-corrected chi connectivity index (χ1v) is 7.67. The number of carbonyl (C=O) groups excluding carboxylic acids is 1. The highest BCUT2D eigenvalue weighted by Gasteiger charge is 2.23. The Morgan fingerprint density at radius 3 is 3.25 bits per heavy atom. The van der Waals surface area contributed by atoms with E-state index in [2.05, 4.69) is 28.5 Å². The maximum absolute atomic E-state index is 12.2. The maximum Gasteiger partial charge on any atom is 0.251 e. The first-order valence-electron chi connectivity index (χ1n) is 7.67. The Morgan fingerprint density at radius 1 is 1.50 bits per heavy atom. The van der Waals surface area contributed by atoms with Crippen molar-refractivity contribution in [2.24, 2.45) is 0 Å². The normalized spacial score (nSPS) is 21.6. The summed E-state index contributed by atoms with van der Waals surface area (Å²) in [5.74, 6) is 0.0458. The molecule has 1 fully saturated rings. The second-order valence-corrected chi connectivity index (χ2v) is 5.68. The number of benzene rings is 1. The number of amides is 1. The van der Waals surface area contributed by atoms with Crippen molar-refractivity contribution < 1.29 is 4.79 Å². The highest BCUT2D eigenvalue weighted by Crippen LogP contribution is 2.23. The molecule has 2 heterocycles. The molecule has 2 aliphatic heterocycles. The van der Waals surface area contributed by atoms with Crippen LogP contribution in [-0.2, 0) is 6.42 Å². The van der Waals surface area contributed by atoms with Crippen molar-refractivity contribution in [3.05, 3.63) is 29.3 Å². The molecule has 0 radical (unpaired) electrons. The van der Waals surface area contributed by atoms with Crippen molar-refractivity contribution in [3.63, 3.8) is 0 Å². The quantitative estimate of drug-likeness (QED) is 0.880. The summed E-state index contributed by atoms with van der Waals surface area (Å²) in [5, 5.41) is 6.41. The van der Waals surface area contributed by atoms with Crippen molar-refractivity contribution in [2.75, 3.05) is 31.5 Å². The summed E-state index contributed by atoms with van der Waals surface area (Å²) in [6, 6.07) is 6.49. The first-order chi connectivity index (χ1) is 9.78. The van der Waals surface area contributed by atoms with Gasteiger partial charge in [-0.25, -0.2) is 0 Å². The predicted octanol–water partition coefficient (Wildman–Crippen LogP) is 1.87. The summed E-state index contributed by atoms with van der Waals surface area (Å²) < 4.78 is 0. The van der Waals surface area contributed by atoms with Gasteiger partial charge in [0, 0.05) is 30.4 Å². The van der Waals surface area contributed by atoms with Crippen molar-refractivity contribution in [1.29, 1.82) is 0 Å². The van der Waals surface area contributed by atoms with Gasteiger partial charge in [-0.3, -0.25) is 9.69 Å². The molecule has 4 heteroatoms. The lowest BCUT2D eigenvalue weighted by Crippen LogP contribution is -2.40. The number of fused-ring (bicyclic) bond motifs is 1. The minimum Gasteiger partial charge on any atom is -0.384 e. The lowest BCUT2D eigenvalue weighted by atomic mass is 10.1. The van der Waals surface area contributed by atoms with E-state index < -0.39 is 0 Å². The van der Waals surface area contributed by atoms with Gasteiger partial charge in [-0.05, 0) is 50.0 Å². The summed E-state index contributed by atoms with van der Waals surface area (Å²) in [6.07, 6.45) is 3.50. The number of likely N-dealkylation sites (N-methyl/N-ethyl adjacent to an activating group) is 1. The van der Waals surface area contributed by atoms with Gasteiger partial charge in [-0.15, -0.1) is 0 Å². The van der Waals surface area contributed by atoms with E-state index >= 15 is 0 Å². The zero-order valence-electron chi connectivity index (χ0n) is 12.1. The van der Waals surface area contributed by atoms with E-state index in [1.165, 1.54) is 24.9 Å². The fourth-order valence-electron chi connectivity index (χ4n) is 3.29. The Labute approximate surface area is 120 Å². The average Bonchev–Trinajstić information content (AvgIpc) is 3.12. The van der Waals surface area contributed by atoms with Crippen molar-refractivity contribution in [3.8, 4) is 0 Å². The Morgan fingerprint density at radius 2 is 2.40 bits per heavy atom. The van der Waals surface area contributed by atoms with Crippen LogP contribution in [0.4, 0.5) is 5.69 Å². The minimum absolute atomic E-state index is 0.0458. The number of nitrogens with one attached hydrogen (secondary N) is 2. The average molecular weight is 273 g/mol. The minimum atomic E-state index is 0.0458. The van der Waals surface area contributed by atoms with Crippen LogP contribution in [0.15, 0.2) is 18.2 Å². The van der Waals surface area contributed by atoms with Gasteiger partial charge < -0.3 is 10.6 Å². The first kappa shape index (κ1) is 13.4. The number of likely N-dealkylation sites (tertiary alicyclic amines) is 1. The van der Waals surface area contributed by atoms with Gasteiger partial charge in [-0.2, -0.15) is 0 Å². The number of carbonyl (C=O) groups is 1. The number of hydrogen-bond donors (Lipinski definition) is 2. The van der Waals surface area contributed by atoms with Gasteiger partial charge in [0.05, 0.1) is 0 Å². The molecular formula is C16H23N3O. The summed E-state index contributed by atoms with van der Waals surface area (Å²) >= 11 is 0. The smallest absolute Gasteiger partial charge is 0.251 e. The zero-order chi connectivity index (χ0) is 13.9. The molecule has 1 atom stereocenters. The third-order valence-corrected chi connectivity index (χ3v) is 4.49. The Hall–Kier alpha value is -1.55. The van der Waals surface area contributed by atoms with E-state index in [0.717, 1.165) is 37.3 Å². The van der Waals surface area contributed by atoms with Crippen LogP contribution < -0.4 is 10.6 Å². The van der Waals surface area contributed by atoms with Crippen LogP contribution >= 0.6 is 0 Å². The van der Waals surface area contributed by atoms with Gasteiger partial charge in [0.1, 0.15) is 0 Å². The fraction of sp³-hybridized carbons (Fsp3) is 0.562. The molecule has 2 N–H and O–H groups in total. The Bertz CT molecular complexity index is 500. The molecule has 2 aliphatic rings. The van der Waals surface area contributed by atoms with Crippen LogP contribution in [0, 0.1) is 0 Å². The van der Waals surface area contributed by atoms with Crippen LogP contribution in [0.1, 0.15) is 35.7 Å². The van der Waals surface area contributed by atoms with Gasteiger partial charge in [0.2, 0.25) is 0 Å². The number of rotatable bonds is 4. The summed E-state index contributed by atoms with van der Waals surface area (Å²) in [7, 11) is 0. The van der Waals surface area contributed by atoms with Crippen molar-refractivity contribution in [1.82, 2.24) is 10.2 Å². The molecule has 20 heavy (non-hydrogen) atoms. The van der Waals surface area contributed by atoms with Crippen LogP contribution in [-0.4, -0.2) is 43.0 Å². The zero-order valence-corrected chi connectivity index (χ0v) is 12.1. The van der Waals surface area contributed by atoms with Gasteiger partial charge in [0.25, 0.3) is 5.91 Å². The molecule has 108 valence electrons. The molecule has 1 saturated heterocycles. The molecule has 1 amide bonds.